The lowest BCUT2D eigenvalue weighted by Crippen LogP contribution is -2.39. The summed E-state index contributed by atoms with van der Waals surface area (Å²) in [6.45, 7) is 11.8. The number of H-pyrrole nitrogens is 2. The van der Waals surface area contributed by atoms with Crippen LogP contribution in [0.4, 0.5) is 5.82 Å². The van der Waals surface area contributed by atoms with Gasteiger partial charge in [0.25, 0.3) is 32.4 Å². The lowest BCUT2D eigenvalue weighted by Gasteiger charge is -2.07. The van der Waals surface area contributed by atoms with Gasteiger partial charge in [-0.1, -0.05) is 57.0 Å². The predicted molar refractivity (Wildman–Crippen MR) is 300 cm³/mol. The number of fused-ring (bicyclic) bond motifs is 3. The Morgan fingerprint density at radius 1 is 0.571 bits per heavy atom. The number of aromatic amines is 2. The Morgan fingerprint density at radius 3 is 1.32 bits per heavy atom. The maximum atomic E-state index is 12.5. The quantitative estimate of drug-likeness (QED) is 0.0976. The standard InChI is InChI=1S/2C14H15N5O3.C8H13NO4S.C7H6N4O2.C5H7N3O2.CH3NO/c2*1-8(2)11-4-9(22-17-11)6-19-13(20)10-5-15-7-16-12(10)18(3)14(19)21;1-6(2)8-4-7(13-9-8)5-12-14(3,10)11;1-11-5-4(2-8-3-9-5)6(12)10-7(11)13;1-8-3(6)2-4(9)7-5(8)10;2-1-3/h2*4-5,7-8H,6H2,1-3H3;4,6H,5H2,1-3H3;2-3H,1H3,(H,10,12,13);2H,6H2,1H3,(H,7,9,10);1H,(H2,2,3). The number of hydrogen-bond acceptors (Lipinski definition) is 25. The molecule has 10 aromatic heterocycles. The molecule has 0 unspecified atom stereocenters. The van der Waals surface area contributed by atoms with Crippen LogP contribution in [0.5, 0.6) is 0 Å². The maximum absolute atomic E-state index is 12.5. The molecule has 0 radical (unpaired) electrons. The number of aromatic nitrogens is 17. The predicted octanol–water partition coefficient (Wildman–Crippen LogP) is -0.652. The Kier molecular flexibility index (Phi) is 21.7. The number of nitrogens with two attached hydrogens (primary N) is 2. The first-order valence-electron chi connectivity index (χ1n) is 24.7. The first-order chi connectivity index (χ1) is 39.6. The Bertz CT molecular complexity index is 4400. The normalized spacial score (nSPS) is 11.0. The minimum atomic E-state index is -3.42. The fourth-order valence-corrected chi connectivity index (χ4v) is 7.27. The largest absolute Gasteiger partial charge is 0.385 e. The first-order valence-corrected chi connectivity index (χ1v) is 26.5. The number of rotatable bonds is 10. The van der Waals surface area contributed by atoms with E-state index < -0.39 is 55.1 Å². The van der Waals surface area contributed by atoms with Gasteiger partial charge in [-0.2, -0.15) is 8.42 Å². The van der Waals surface area contributed by atoms with Crippen LogP contribution in [0.25, 0.3) is 33.1 Å². The highest BCUT2D eigenvalue weighted by Crippen LogP contribution is 2.17. The summed E-state index contributed by atoms with van der Waals surface area (Å²) in [6.07, 6.45) is 9.32. The van der Waals surface area contributed by atoms with Gasteiger partial charge in [0, 0.05) is 71.0 Å². The Balaban J connectivity index is 0.000000195. The third kappa shape index (κ3) is 16.4. The average molecular weight is 1190 g/mol. The van der Waals surface area contributed by atoms with Gasteiger partial charge in [0.1, 0.15) is 47.6 Å². The molecular weight excluding hydrogens is 1130 g/mol. The van der Waals surface area contributed by atoms with Gasteiger partial charge in [0.05, 0.1) is 36.4 Å². The van der Waals surface area contributed by atoms with Crippen molar-refractivity contribution in [1.29, 1.82) is 0 Å². The van der Waals surface area contributed by atoms with Gasteiger partial charge in [-0.3, -0.25) is 65.5 Å². The van der Waals surface area contributed by atoms with Crippen molar-refractivity contribution < 1.29 is 31.0 Å². The van der Waals surface area contributed by atoms with Crippen molar-refractivity contribution in [3.8, 4) is 0 Å². The highest BCUT2D eigenvalue weighted by molar-refractivity contribution is 7.85. The van der Waals surface area contributed by atoms with Crippen LogP contribution in [-0.2, 0) is 67.0 Å². The summed E-state index contributed by atoms with van der Waals surface area (Å²) in [6, 6.07) is 6.35. The van der Waals surface area contributed by atoms with E-state index in [4.69, 9.17) is 24.1 Å². The first kappa shape index (κ1) is 64.4. The van der Waals surface area contributed by atoms with Crippen molar-refractivity contribution in [3.63, 3.8) is 0 Å². The number of nitrogens with one attached hydrogen (secondary N) is 2. The van der Waals surface area contributed by atoms with Crippen molar-refractivity contribution >= 4 is 55.4 Å². The molecule has 0 bridgehead atoms. The van der Waals surface area contributed by atoms with Gasteiger partial charge in [-0.15, -0.1) is 0 Å². The minimum Gasteiger partial charge on any atom is -0.385 e. The molecule has 10 rings (SSSR count). The number of amides is 1. The molecule has 10 aromatic rings. The van der Waals surface area contributed by atoms with Crippen LogP contribution in [0.3, 0.4) is 0 Å². The molecule has 0 spiro atoms. The molecule has 35 heteroatoms. The number of carbonyl (C=O) groups is 1. The molecular formula is C49H59N19O15S. The van der Waals surface area contributed by atoms with E-state index in [1.165, 1.54) is 65.4 Å². The molecule has 10 heterocycles. The summed E-state index contributed by atoms with van der Waals surface area (Å²) < 4.78 is 48.4. The molecule has 0 aliphatic rings. The van der Waals surface area contributed by atoms with E-state index in [0.717, 1.165) is 43.1 Å². The molecule has 84 heavy (non-hydrogen) atoms. The smallest absolute Gasteiger partial charge is 0.332 e. The topological polar surface area (TPSA) is 466 Å². The molecule has 0 aromatic carbocycles. The van der Waals surface area contributed by atoms with E-state index in [-0.39, 0.29) is 60.5 Å². The lowest BCUT2D eigenvalue weighted by molar-refractivity contribution is -0.106. The number of primary amides is 1. The minimum absolute atomic E-state index is 0.0239. The SMILES string of the molecule is CC(C)c1cc(COS(C)(=O)=O)on1.CC(C)c1cc(Cn2c(=O)c3cncnc3n(C)c2=O)on1.CC(C)c1cc(Cn2c(=O)c3cncnc3n(C)c2=O)on1.Cn1c(=O)[nH]c(=O)c2cncnc21.Cn1c(N)cc(=O)[nH]c1=O.NC=O. The number of aryl methyl sites for hydroxylation is 3. The van der Waals surface area contributed by atoms with E-state index >= 15 is 0 Å². The van der Waals surface area contributed by atoms with E-state index in [2.05, 4.69) is 65.3 Å². The van der Waals surface area contributed by atoms with Crippen molar-refractivity contribution in [2.24, 2.45) is 33.9 Å². The zero-order valence-electron chi connectivity index (χ0n) is 47.1. The third-order valence-electron chi connectivity index (χ3n) is 11.5. The summed E-state index contributed by atoms with van der Waals surface area (Å²) >= 11 is 0. The monoisotopic (exact) mass is 1190 g/mol. The second kappa shape index (κ2) is 28.3. The van der Waals surface area contributed by atoms with E-state index in [1.54, 1.807) is 32.3 Å². The molecule has 0 saturated heterocycles. The lowest BCUT2D eigenvalue weighted by atomic mass is 10.1. The Hall–Kier alpha value is -10.5. The van der Waals surface area contributed by atoms with Crippen LogP contribution in [0, 0.1) is 0 Å². The van der Waals surface area contributed by atoms with Gasteiger partial charge in [0.15, 0.2) is 34.2 Å². The van der Waals surface area contributed by atoms with Gasteiger partial charge < -0.3 is 25.0 Å². The molecule has 0 saturated carbocycles. The van der Waals surface area contributed by atoms with Crippen LogP contribution in [0.2, 0.25) is 0 Å². The average Bonchev–Trinajstić information content (AvgIpc) is 2.03. The van der Waals surface area contributed by atoms with E-state index in [0.29, 0.717) is 39.6 Å². The van der Waals surface area contributed by atoms with Gasteiger partial charge in [0.2, 0.25) is 6.41 Å². The summed E-state index contributed by atoms with van der Waals surface area (Å²) in [4.78, 5) is 129. The second-order valence-electron chi connectivity index (χ2n) is 18.7. The van der Waals surface area contributed by atoms with Crippen LogP contribution >= 0.6 is 0 Å². The highest BCUT2D eigenvalue weighted by Gasteiger charge is 2.18. The van der Waals surface area contributed by atoms with Gasteiger partial charge >= 0.3 is 22.8 Å². The summed E-state index contributed by atoms with van der Waals surface area (Å²) in [5.74, 6) is 2.17. The number of carbonyl (C=O) groups excluding carboxylic acids is 1. The summed E-state index contributed by atoms with van der Waals surface area (Å²) in [5.41, 5.74) is 9.03. The van der Waals surface area contributed by atoms with Crippen LogP contribution in [0.1, 0.15) is 93.7 Å². The molecule has 0 fully saturated rings. The van der Waals surface area contributed by atoms with Crippen LogP contribution in [0.15, 0.2) is 114 Å². The fourth-order valence-electron chi connectivity index (χ4n) is 6.94. The van der Waals surface area contributed by atoms with Crippen LogP contribution in [-0.4, -0.2) is 104 Å². The number of nitrogens with zero attached hydrogens (tertiary/aromatic N) is 15. The second-order valence-corrected chi connectivity index (χ2v) is 20.4. The van der Waals surface area contributed by atoms with Gasteiger partial charge in [-0.25, -0.2) is 49.1 Å². The summed E-state index contributed by atoms with van der Waals surface area (Å²) in [7, 11) is 2.72. The number of nitrogen functional groups attached to an aromatic ring is 1. The molecule has 0 aliphatic heterocycles. The fraction of sp³-hybridized carbons (Fsp3) is 0.347. The Labute approximate surface area is 472 Å². The molecule has 0 atom stereocenters. The molecule has 34 nitrogen and oxygen atoms in total. The van der Waals surface area contributed by atoms with Crippen molar-refractivity contribution in [2.75, 3.05) is 12.0 Å². The van der Waals surface area contributed by atoms with Crippen molar-refractivity contribution in [1.82, 2.24) is 82.7 Å². The molecule has 0 aliphatic carbocycles. The van der Waals surface area contributed by atoms with E-state index in [9.17, 15) is 46.8 Å². The van der Waals surface area contributed by atoms with Crippen LogP contribution < -0.4 is 56.5 Å². The third-order valence-corrected chi connectivity index (χ3v) is 12.1. The molecule has 6 N–H and O–H groups in total. The Morgan fingerprint density at radius 2 is 0.940 bits per heavy atom. The zero-order chi connectivity index (χ0) is 62.3. The molecule has 446 valence electrons. The van der Waals surface area contributed by atoms with Crippen molar-refractivity contribution in [3.05, 3.63) is 180 Å². The zero-order valence-corrected chi connectivity index (χ0v) is 47.9. The highest BCUT2D eigenvalue weighted by atomic mass is 32.2. The summed E-state index contributed by atoms with van der Waals surface area (Å²) in [5, 5.41) is 12.5. The maximum Gasteiger partial charge on any atom is 0.332 e. The van der Waals surface area contributed by atoms with E-state index in [1.807, 2.05) is 41.5 Å². The van der Waals surface area contributed by atoms with Crippen molar-refractivity contribution in [2.45, 2.75) is 79.0 Å². The van der Waals surface area contributed by atoms with Gasteiger partial charge in [-0.05, 0) is 17.8 Å². The number of hydrogen-bond donors (Lipinski definition) is 4. The molecule has 1 amide bonds. The number of anilines is 1.